The lowest BCUT2D eigenvalue weighted by molar-refractivity contribution is 0.0172. The molecule has 0 aliphatic heterocycles. The van der Waals surface area contributed by atoms with Gasteiger partial charge in [0.25, 0.3) is 0 Å². The van der Waals surface area contributed by atoms with Crippen LogP contribution in [0.25, 0.3) is 0 Å². The molecule has 0 aliphatic carbocycles. The maximum absolute atomic E-state index is 11.8. The van der Waals surface area contributed by atoms with Gasteiger partial charge in [0.1, 0.15) is 18.8 Å². The number of aliphatic hydroxyl groups is 2. The first-order valence-electron chi connectivity index (χ1n) is 8.67. The number of hydrogen-bond donors (Lipinski definition) is 4. The SMILES string of the molecule is COc1cc(C(=O)O)c(C(O)C(O)CNC(=O)OCc2ccccc2)cc1OC. The molecule has 0 saturated heterocycles. The van der Waals surface area contributed by atoms with E-state index in [0.29, 0.717) is 0 Å². The van der Waals surface area contributed by atoms with Crippen molar-refractivity contribution in [1.82, 2.24) is 5.32 Å². The number of amides is 1. The second-order valence-corrected chi connectivity index (χ2v) is 6.05. The first kappa shape index (κ1) is 22.0. The van der Waals surface area contributed by atoms with E-state index >= 15 is 0 Å². The van der Waals surface area contributed by atoms with Gasteiger partial charge >= 0.3 is 12.1 Å². The third-order valence-corrected chi connectivity index (χ3v) is 4.14. The fourth-order valence-electron chi connectivity index (χ4n) is 2.61. The molecule has 0 aromatic heterocycles. The molecule has 9 nitrogen and oxygen atoms in total. The number of carbonyl (C=O) groups excluding carboxylic acids is 1. The highest BCUT2D eigenvalue weighted by Crippen LogP contribution is 2.34. The number of aliphatic hydroxyl groups excluding tert-OH is 2. The summed E-state index contributed by atoms with van der Waals surface area (Å²) < 4.78 is 15.2. The molecule has 0 bridgehead atoms. The molecule has 0 saturated carbocycles. The van der Waals surface area contributed by atoms with Crippen LogP contribution in [0.2, 0.25) is 0 Å². The molecule has 2 atom stereocenters. The third-order valence-electron chi connectivity index (χ3n) is 4.14. The number of alkyl carbamates (subject to hydrolysis) is 1. The molecule has 29 heavy (non-hydrogen) atoms. The summed E-state index contributed by atoms with van der Waals surface area (Å²) in [6.45, 7) is -0.313. The van der Waals surface area contributed by atoms with Crippen LogP contribution in [0.4, 0.5) is 4.79 Å². The van der Waals surface area contributed by atoms with Gasteiger partial charge in [-0.25, -0.2) is 9.59 Å². The molecule has 2 unspecified atom stereocenters. The van der Waals surface area contributed by atoms with Gasteiger partial charge in [-0.15, -0.1) is 0 Å². The smallest absolute Gasteiger partial charge is 0.407 e. The molecule has 0 fully saturated rings. The van der Waals surface area contributed by atoms with E-state index in [-0.39, 0.29) is 35.8 Å². The largest absolute Gasteiger partial charge is 0.493 e. The van der Waals surface area contributed by atoms with Crippen molar-refractivity contribution in [1.29, 1.82) is 0 Å². The van der Waals surface area contributed by atoms with E-state index in [4.69, 9.17) is 14.2 Å². The predicted octanol–water partition coefficient (Wildman–Crippen LogP) is 1.72. The van der Waals surface area contributed by atoms with E-state index in [1.807, 2.05) is 6.07 Å². The van der Waals surface area contributed by atoms with Crippen LogP contribution in [0.5, 0.6) is 11.5 Å². The summed E-state index contributed by atoms with van der Waals surface area (Å²) in [6.07, 6.45) is -3.88. The topological polar surface area (TPSA) is 135 Å². The number of aromatic carboxylic acids is 1. The number of carboxylic acids is 1. The number of ether oxygens (including phenoxy) is 3. The van der Waals surface area contributed by atoms with E-state index in [1.165, 1.54) is 26.4 Å². The summed E-state index contributed by atoms with van der Waals surface area (Å²) in [6, 6.07) is 11.5. The van der Waals surface area contributed by atoms with Crippen molar-refractivity contribution in [3.63, 3.8) is 0 Å². The predicted molar refractivity (Wildman–Crippen MR) is 102 cm³/mol. The minimum Gasteiger partial charge on any atom is -0.493 e. The Hall–Kier alpha value is -3.30. The van der Waals surface area contributed by atoms with Gasteiger partial charge in [0.05, 0.1) is 19.8 Å². The molecular formula is C20H23NO8. The Bertz CT molecular complexity index is 840. The second kappa shape index (κ2) is 10.3. The number of carboxylic acid groups (broad SMARTS) is 1. The zero-order valence-corrected chi connectivity index (χ0v) is 16.0. The fourth-order valence-corrected chi connectivity index (χ4v) is 2.61. The Morgan fingerprint density at radius 3 is 2.24 bits per heavy atom. The zero-order valence-electron chi connectivity index (χ0n) is 16.0. The Kier molecular flexibility index (Phi) is 7.81. The lowest BCUT2D eigenvalue weighted by atomic mass is 9.97. The highest BCUT2D eigenvalue weighted by atomic mass is 16.5. The Balaban J connectivity index is 2.02. The molecule has 0 aliphatic rings. The lowest BCUT2D eigenvalue weighted by Gasteiger charge is -2.21. The normalized spacial score (nSPS) is 12.6. The van der Waals surface area contributed by atoms with Gasteiger partial charge in [-0.1, -0.05) is 30.3 Å². The second-order valence-electron chi connectivity index (χ2n) is 6.05. The minimum atomic E-state index is -1.60. The van der Waals surface area contributed by atoms with Crippen LogP contribution < -0.4 is 14.8 Å². The maximum Gasteiger partial charge on any atom is 0.407 e. The highest BCUT2D eigenvalue weighted by Gasteiger charge is 2.26. The first-order chi connectivity index (χ1) is 13.9. The lowest BCUT2D eigenvalue weighted by Crippen LogP contribution is -2.36. The standard InChI is InChI=1S/C20H23NO8/c1-27-16-8-13(14(19(24)25)9-17(16)28-2)18(23)15(22)10-21-20(26)29-11-12-6-4-3-5-7-12/h3-9,15,18,22-23H,10-11H2,1-2H3,(H,21,26)(H,24,25). The summed E-state index contributed by atoms with van der Waals surface area (Å²) in [4.78, 5) is 23.3. The van der Waals surface area contributed by atoms with Gasteiger partial charge in [-0.2, -0.15) is 0 Å². The van der Waals surface area contributed by atoms with Crippen molar-refractivity contribution < 1.29 is 39.1 Å². The van der Waals surface area contributed by atoms with Gasteiger partial charge in [0, 0.05) is 12.1 Å². The number of rotatable bonds is 9. The molecule has 0 heterocycles. The Morgan fingerprint density at radius 2 is 1.66 bits per heavy atom. The summed E-state index contributed by atoms with van der Waals surface area (Å²) in [5.74, 6) is -0.964. The van der Waals surface area contributed by atoms with Crippen LogP contribution in [0.15, 0.2) is 42.5 Å². The Morgan fingerprint density at radius 1 is 1.03 bits per heavy atom. The Labute approximate surface area is 167 Å². The van der Waals surface area contributed by atoms with Crippen molar-refractivity contribution in [3.05, 3.63) is 59.2 Å². The van der Waals surface area contributed by atoms with Crippen molar-refractivity contribution in [2.45, 2.75) is 18.8 Å². The van der Waals surface area contributed by atoms with Crippen LogP contribution in [0, 0.1) is 0 Å². The summed E-state index contributed by atoms with van der Waals surface area (Å²) in [5.41, 5.74) is 0.447. The van der Waals surface area contributed by atoms with Crippen molar-refractivity contribution in [3.8, 4) is 11.5 Å². The maximum atomic E-state index is 11.8. The number of methoxy groups -OCH3 is 2. The van der Waals surface area contributed by atoms with E-state index in [9.17, 15) is 24.9 Å². The molecule has 156 valence electrons. The van der Waals surface area contributed by atoms with Gasteiger partial charge < -0.3 is 34.8 Å². The van der Waals surface area contributed by atoms with Crippen LogP contribution in [0.3, 0.4) is 0 Å². The van der Waals surface area contributed by atoms with Crippen LogP contribution in [-0.4, -0.2) is 54.3 Å². The molecule has 4 N–H and O–H groups in total. The van der Waals surface area contributed by atoms with Gasteiger partial charge in [0.2, 0.25) is 0 Å². The van der Waals surface area contributed by atoms with Crippen molar-refractivity contribution in [2.24, 2.45) is 0 Å². The molecular weight excluding hydrogens is 382 g/mol. The van der Waals surface area contributed by atoms with E-state index in [2.05, 4.69) is 5.32 Å². The molecule has 2 rings (SSSR count). The number of hydrogen-bond acceptors (Lipinski definition) is 7. The van der Waals surface area contributed by atoms with E-state index < -0.39 is 24.3 Å². The van der Waals surface area contributed by atoms with Crippen LogP contribution in [-0.2, 0) is 11.3 Å². The monoisotopic (exact) mass is 405 g/mol. The number of benzene rings is 2. The minimum absolute atomic E-state index is 0.0458. The molecule has 9 heteroatoms. The van der Waals surface area contributed by atoms with Gasteiger partial charge in [-0.3, -0.25) is 0 Å². The van der Waals surface area contributed by atoms with E-state index in [1.54, 1.807) is 24.3 Å². The molecule has 2 aromatic carbocycles. The molecule has 0 spiro atoms. The first-order valence-corrected chi connectivity index (χ1v) is 8.67. The number of nitrogens with one attached hydrogen (secondary N) is 1. The third kappa shape index (κ3) is 5.84. The molecule has 1 amide bonds. The quantitative estimate of drug-likeness (QED) is 0.495. The summed E-state index contributed by atoms with van der Waals surface area (Å²) in [5, 5.41) is 32.4. The summed E-state index contributed by atoms with van der Waals surface area (Å²) >= 11 is 0. The number of carbonyl (C=O) groups is 2. The highest BCUT2D eigenvalue weighted by molar-refractivity contribution is 5.90. The molecule has 2 aromatic rings. The van der Waals surface area contributed by atoms with Gasteiger partial charge in [-0.05, 0) is 17.7 Å². The zero-order chi connectivity index (χ0) is 21.4. The average Bonchev–Trinajstić information content (AvgIpc) is 2.74. The molecule has 0 radical (unpaired) electrons. The van der Waals surface area contributed by atoms with Gasteiger partial charge in [0.15, 0.2) is 11.5 Å². The van der Waals surface area contributed by atoms with E-state index in [0.717, 1.165) is 5.56 Å². The summed E-state index contributed by atoms with van der Waals surface area (Å²) in [7, 11) is 2.70. The van der Waals surface area contributed by atoms with Crippen LogP contribution >= 0.6 is 0 Å². The van der Waals surface area contributed by atoms with Crippen molar-refractivity contribution in [2.75, 3.05) is 20.8 Å². The average molecular weight is 405 g/mol. The van der Waals surface area contributed by atoms with Crippen molar-refractivity contribution >= 4 is 12.1 Å². The fraction of sp³-hybridized carbons (Fsp3) is 0.300. The van der Waals surface area contributed by atoms with Crippen LogP contribution in [0.1, 0.15) is 27.6 Å².